The Morgan fingerprint density at radius 1 is 1.17 bits per heavy atom. The smallest absolute Gasteiger partial charge is 0.227 e. The Morgan fingerprint density at radius 3 is 2.48 bits per heavy atom. The lowest BCUT2D eigenvalue weighted by molar-refractivity contribution is -0.126. The second kappa shape index (κ2) is 6.97. The first-order valence-corrected chi connectivity index (χ1v) is 11.8. The molecule has 0 aliphatic heterocycles. The Bertz CT molecular complexity index is 833. The highest BCUT2D eigenvalue weighted by molar-refractivity contribution is 6.05. The number of ketones is 1. The van der Waals surface area contributed by atoms with Crippen LogP contribution in [0.5, 0.6) is 0 Å². The molecule has 4 aliphatic rings. The molecule has 0 amide bonds. The molecule has 0 bridgehead atoms. The van der Waals surface area contributed by atoms with E-state index in [4.69, 9.17) is 6.57 Å². The molecule has 0 aromatic heterocycles. The molecule has 0 radical (unpaired) electrons. The van der Waals surface area contributed by atoms with Gasteiger partial charge in [-0.15, -0.1) is 0 Å². The van der Waals surface area contributed by atoms with Gasteiger partial charge < -0.3 is 4.79 Å². The van der Waals surface area contributed by atoms with Gasteiger partial charge in [0.05, 0.1) is 6.57 Å². The molecule has 2 heteroatoms. The molecule has 2 nitrogen and oxygen atoms in total. The van der Waals surface area contributed by atoms with Gasteiger partial charge >= 0.3 is 0 Å². The predicted octanol–water partition coefficient (Wildman–Crippen LogP) is 7.29. The van der Waals surface area contributed by atoms with Gasteiger partial charge in [-0.1, -0.05) is 70.4 Å². The molecule has 0 N–H and O–H groups in total. The van der Waals surface area contributed by atoms with Crippen LogP contribution in [0, 0.1) is 40.6 Å². The first kappa shape index (κ1) is 20.6. The van der Waals surface area contributed by atoms with Crippen molar-refractivity contribution >= 4 is 5.78 Å². The Kier molecular flexibility index (Phi) is 4.96. The van der Waals surface area contributed by atoms with Gasteiger partial charge in [0.15, 0.2) is 5.78 Å². The van der Waals surface area contributed by atoms with Crippen LogP contribution in [0.15, 0.2) is 35.6 Å². The van der Waals surface area contributed by atoms with Crippen LogP contribution in [0.25, 0.3) is 4.85 Å². The average molecular weight is 392 g/mol. The quantitative estimate of drug-likeness (QED) is 0.364. The number of nitrogens with zero attached hydrogens (tertiary/aromatic N) is 1. The fourth-order valence-corrected chi connectivity index (χ4v) is 8.11. The van der Waals surface area contributed by atoms with Gasteiger partial charge in [-0.3, -0.25) is 0 Å². The highest BCUT2D eigenvalue weighted by Gasteiger charge is 2.60. The number of hydrogen-bond acceptors (Lipinski definition) is 1. The minimum absolute atomic E-state index is 0.105. The molecule has 0 saturated heterocycles. The summed E-state index contributed by atoms with van der Waals surface area (Å²) in [5, 5.41) is 0. The van der Waals surface area contributed by atoms with Crippen LogP contribution in [-0.4, -0.2) is 5.78 Å². The maximum Gasteiger partial charge on any atom is 0.227 e. The minimum atomic E-state index is -0.447. The maximum atomic E-state index is 13.6. The number of carbonyl (C=O) groups is 1. The molecule has 0 aromatic rings. The van der Waals surface area contributed by atoms with E-state index in [1.807, 2.05) is 0 Å². The summed E-state index contributed by atoms with van der Waals surface area (Å²) in [5.74, 6) is 2.01. The van der Waals surface area contributed by atoms with Crippen LogP contribution in [0.2, 0.25) is 0 Å². The van der Waals surface area contributed by atoms with Crippen molar-refractivity contribution in [2.24, 2.45) is 34.0 Å². The SMILES string of the molecule is [C-]#[N+]C1=C[C@@]2(C)C(=CC[C@@H]3[C@@H]2CC[C@]2(C)C(=C)CC[C@@H]32)C(CCC)(CCC)C1=O. The van der Waals surface area contributed by atoms with Crippen LogP contribution in [0.3, 0.4) is 0 Å². The summed E-state index contributed by atoms with van der Waals surface area (Å²) in [6.45, 7) is 21.4. The number of allylic oxidation sites excluding steroid dienone is 5. The van der Waals surface area contributed by atoms with Gasteiger partial charge in [0, 0.05) is 10.8 Å². The Balaban J connectivity index is 1.86. The van der Waals surface area contributed by atoms with Crippen molar-refractivity contribution in [2.45, 2.75) is 85.5 Å². The Morgan fingerprint density at radius 2 is 1.86 bits per heavy atom. The van der Waals surface area contributed by atoms with Crippen molar-refractivity contribution in [1.29, 1.82) is 0 Å². The maximum absolute atomic E-state index is 13.6. The topological polar surface area (TPSA) is 21.4 Å². The molecule has 5 atom stereocenters. The standard InChI is InChI=1S/C27H37NO/c1-7-14-27(15-8-2)23-12-10-19-20-11-9-18(3)25(20,4)16-13-21(19)26(23,5)17-22(28-6)24(27)29/h12,17,19-21H,3,7-11,13-16H2,1-2,4-5H3/t19-,20-,21-,25+,26+/m0/s1. The van der Waals surface area contributed by atoms with Crippen LogP contribution in [0.4, 0.5) is 0 Å². The number of rotatable bonds is 4. The first-order chi connectivity index (χ1) is 13.8. The van der Waals surface area contributed by atoms with Crippen molar-refractivity contribution < 1.29 is 4.79 Å². The molecule has 2 fully saturated rings. The van der Waals surface area contributed by atoms with Crippen LogP contribution < -0.4 is 0 Å². The zero-order valence-corrected chi connectivity index (χ0v) is 18.8. The molecule has 4 aliphatic carbocycles. The molecule has 0 aromatic carbocycles. The highest BCUT2D eigenvalue weighted by atomic mass is 16.1. The van der Waals surface area contributed by atoms with Crippen molar-refractivity contribution in [2.75, 3.05) is 0 Å². The van der Waals surface area contributed by atoms with E-state index in [1.165, 1.54) is 36.8 Å². The van der Waals surface area contributed by atoms with E-state index in [9.17, 15) is 4.79 Å². The highest BCUT2D eigenvalue weighted by Crippen LogP contribution is 2.67. The monoisotopic (exact) mass is 391 g/mol. The number of Topliss-reactive ketones (excluding diaryl/α,β-unsaturated/α-hetero) is 1. The van der Waals surface area contributed by atoms with E-state index >= 15 is 0 Å². The van der Waals surface area contributed by atoms with Crippen molar-refractivity contribution in [3.63, 3.8) is 0 Å². The van der Waals surface area contributed by atoms with E-state index in [2.05, 4.69) is 51.3 Å². The van der Waals surface area contributed by atoms with E-state index in [0.29, 0.717) is 28.9 Å². The van der Waals surface area contributed by atoms with Crippen LogP contribution in [-0.2, 0) is 4.79 Å². The minimum Gasteiger partial charge on any atom is -0.307 e. The lowest BCUT2D eigenvalue weighted by Crippen LogP contribution is -2.53. The number of hydrogen-bond donors (Lipinski definition) is 0. The first-order valence-electron chi connectivity index (χ1n) is 11.8. The van der Waals surface area contributed by atoms with E-state index in [1.54, 1.807) is 0 Å². The Hall–Kier alpha value is -1.62. The lowest BCUT2D eigenvalue weighted by Gasteiger charge is -2.59. The van der Waals surface area contributed by atoms with Gasteiger partial charge in [-0.2, -0.15) is 0 Å². The Labute approximate surface area is 177 Å². The third-order valence-corrected chi connectivity index (χ3v) is 9.43. The molecule has 2 saturated carbocycles. The van der Waals surface area contributed by atoms with Crippen LogP contribution in [0.1, 0.15) is 85.5 Å². The fraction of sp³-hybridized carbons (Fsp3) is 0.704. The van der Waals surface area contributed by atoms with Gasteiger partial charge in [-0.25, -0.2) is 4.85 Å². The van der Waals surface area contributed by atoms with Crippen molar-refractivity contribution in [1.82, 2.24) is 0 Å². The van der Waals surface area contributed by atoms with E-state index in [-0.39, 0.29) is 11.2 Å². The summed E-state index contributed by atoms with van der Waals surface area (Å²) < 4.78 is 0. The fourth-order valence-electron chi connectivity index (χ4n) is 8.11. The van der Waals surface area contributed by atoms with Gasteiger partial charge in [0.1, 0.15) is 0 Å². The normalized spacial score (nSPS) is 40.3. The van der Waals surface area contributed by atoms with Gasteiger partial charge in [0.2, 0.25) is 5.70 Å². The van der Waals surface area contributed by atoms with Gasteiger partial charge in [-0.05, 0) is 68.1 Å². The number of fused-ring (bicyclic) bond motifs is 5. The molecule has 0 heterocycles. The second-order valence-corrected chi connectivity index (χ2v) is 10.7. The predicted molar refractivity (Wildman–Crippen MR) is 119 cm³/mol. The molecule has 0 unspecified atom stereocenters. The third kappa shape index (κ3) is 2.62. The van der Waals surface area contributed by atoms with Crippen molar-refractivity contribution in [3.8, 4) is 0 Å². The van der Waals surface area contributed by atoms with Crippen LogP contribution >= 0.6 is 0 Å². The molecular weight excluding hydrogens is 354 g/mol. The summed E-state index contributed by atoms with van der Waals surface area (Å²) in [5.41, 5.74) is 2.95. The van der Waals surface area contributed by atoms with Crippen molar-refractivity contribution in [3.05, 3.63) is 47.0 Å². The summed E-state index contributed by atoms with van der Waals surface area (Å²) in [4.78, 5) is 17.3. The molecular formula is C27H37NO. The third-order valence-electron chi connectivity index (χ3n) is 9.43. The average Bonchev–Trinajstić information content (AvgIpc) is 3.00. The molecule has 156 valence electrons. The molecule has 4 rings (SSSR count). The largest absolute Gasteiger partial charge is 0.307 e. The lowest BCUT2D eigenvalue weighted by atomic mass is 9.45. The van der Waals surface area contributed by atoms with E-state index < -0.39 is 5.41 Å². The van der Waals surface area contributed by atoms with E-state index in [0.717, 1.165) is 32.1 Å². The molecule has 0 spiro atoms. The zero-order chi connectivity index (χ0) is 21.0. The second-order valence-electron chi connectivity index (χ2n) is 10.7. The van der Waals surface area contributed by atoms with Gasteiger partial charge in [0.25, 0.3) is 0 Å². The summed E-state index contributed by atoms with van der Waals surface area (Å²) in [6.07, 6.45) is 14.2. The molecule has 29 heavy (non-hydrogen) atoms. The summed E-state index contributed by atoms with van der Waals surface area (Å²) in [7, 11) is 0. The summed E-state index contributed by atoms with van der Waals surface area (Å²) in [6, 6.07) is 0. The zero-order valence-electron chi connectivity index (χ0n) is 18.8. The number of carbonyl (C=O) groups excluding carboxylic acids is 1. The summed E-state index contributed by atoms with van der Waals surface area (Å²) >= 11 is 0.